The Morgan fingerprint density at radius 1 is 1.25 bits per heavy atom. The fourth-order valence-electron chi connectivity index (χ4n) is 2.06. The van der Waals surface area contributed by atoms with E-state index in [0.717, 1.165) is 17.0 Å². The molecule has 24 heavy (non-hydrogen) atoms. The van der Waals surface area contributed by atoms with E-state index in [1.165, 1.54) is 11.3 Å². The van der Waals surface area contributed by atoms with Gasteiger partial charge in [0.25, 0.3) is 5.78 Å². The Balaban J connectivity index is 1.62. The molecule has 0 fully saturated rings. The number of H-pyrrole nitrogens is 1. The SMILES string of the molecule is COc1ccc(Cc2csc(CC(=O)C(=O)c3nn[nH]n3)n2)cc1. The van der Waals surface area contributed by atoms with Crippen LogP contribution in [-0.2, 0) is 17.6 Å². The van der Waals surface area contributed by atoms with Crippen molar-refractivity contribution in [3.8, 4) is 5.75 Å². The van der Waals surface area contributed by atoms with Crippen molar-refractivity contribution in [2.75, 3.05) is 7.11 Å². The molecule has 0 bridgehead atoms. The highest BCUT2D eigenvalue weighted by Crippen LogP contribution is 2.17. The van der Waals surface area contributed by atoms with E-state index in [1.54, 1.807) is 7.11 Å². The number of thiazole rings is 1. The summed E-state index contributed by atoms with van der Waals surface area (Å²) in [7, 11) is 1.62. The zero-order valence-electron chi connectivity index (χ0n) is 12.7. The number of carbonyl (C=O) groups excluding carboxylic acids is 2. The van der Waals surface area contributed by atoms with E-state index in [2.05, 4.69) is 25.6 Å². The number of benzene rings is 1. The number of Topliss-reactive ketones (excluding diaryl/α,β-unsaturated/α-hetero) is 2. The minimum atomic E-state index is -0.768. The number of aromatic amines is 1. The lowest BCUT2D eigenvalue weighted by molar-refractivity contribution is -0.114. The first-order valence-electron chi connectivity index (χ1n) is 7.03. The first-order chi connectivity index (χ1) is 11.7. The van der Waals surface area contributed by atoms with Crippen LogP contribution in [0, 0.1) is 0 Å². The zero-order valence-corrected chi connectivity index (χ0v) is 13.5. The standard InChI is InChI=1S/C15H13N5O3S/c1-23-11-4-2-9(3-5-11)6-10-8-24-13(16-10)7-12(21)14(22)15-17-19-20-18-15/h2-5,8H,6-7H2,1H3,(H,17,18,19,20). The molecule has 0 unspecified atom stereocenters. The van der Waals surface area contributed by atoms with Crippen molar-refractivity contribution in [1.29, 1.82) is 0 Å². The topological polar surface area (TPSA) is 111 Å². The van der Waals surface area contributed by atoms with Crippen molar-refractivity contribution in [2.24, 2.45) is 0 Å². The molecule has 1 aromatic carbocycles. The number of ether oxygens (including phenoxy) is 1. The number of carbonyl (C=O) groups is 2. The second-order valence-corrected chi connectivity index (χ2v) is 5.86. The van der Waals surface area contributed by atoms with Gasteiger partial charge in [0.2, 0.25) is 11.6 Å². The van der Waals surface area contributed by atoms with Crippen LogP contribution in [0.25, 0.3) is 0 Å². The maximum Gasteiger partial charge on any atom is 0.269 e. The summed E-state index contributed by atoms with van der Waals surface area (Å²) in [6.07, 6.45) is 0.578. The van der Waals surface area contributed by atoms with Crippen LogP contribution in [0.5, 0.6) is 5.75 Å². The summed E-state index contributed by atoms with van der Waals surface area (Å²) in [6.45, 7) is 0. The van der Waals surface area contributed by atoms with Gasteiger partial charge in [0, 0.05) is 11.8 Å². The summed E-state index contributed by atoms with van der Waals surface area (Å²) in [4.78, 5) is 28.1. The molecule has 3 rings (SSSR count). The van der Waals surface area contributed by atoms with E-state index in [-0.39, 0.29) is 12.2 Å². The molecule has 0 aliphatic rings. The number of tetrazole rings is 1. The van der Waals surface area contributed by atoms with Crippen molar-refractivity contribution in [2.45, 2.75) is 12.8 Å². The molecule has 8 nitrogen and oxygen atoms in total. The van der Waals surface area contributed by atoms with Gasteiger partial charge in [-0.05, 0) is 22.9 Å². The first kappa shape index (κ1) is 15.9. The van der Waals surface area contributed by atoms with Gasteiger partial charge in [0.15, 0.2) is 0 Å². The van der Waals surface area contributed by atoms with Crippen LogP contribution in [0.4, 0.5) is 0 Å². The highest BCUT2D eigenvalue weighted by molar-refractivity contribution is 7.09. The number of rotatable bonds is 7. The van der Waals surface area contributed by atoms with Crippen molar-refractivity contribution >= 4 is 22.9 Å². The fraction of sp³-hybridized carbons (Fsp3) is 0.200. The lowest BCUT2D eigenvalue weighted by atomic mass is 10.1. The van der Waals surface area contributed by atoms with Crippen LogP contribution < -0.4 is 4.74 Å². The molecular weight excluding hydrogens is 330 g/mol. The van der Waals surface area contributed by atoms with Gasteiger partial charge in [-0.15, -0.1) is 21.5 Å². The van der Waals surface area contributed by atoms with Gasteiger partial charge in [-0.1, -0.05) is 12.1 Å². The van der Waals surface area contributed by atoms with Crippen LogP contribution in [0.2, 0.25) is 0 Å². The van der Waals surface area contributed by atoms with Crippen LogP contribution in [0.3, 0.4) is 0 Å². The Morgan fingerprint density at radius 3 is 2.71 bits per heavy atom. The Morgan fingerprint density at radius 2 is 2.04 bits per heavy atom. The lowest BCUT2D eigenvalue weighted by Gasteiger charge is -2.01. The molecule has 2 aromatic heterocycles. The number of hydrogen-bond acceptors (Lipinski definition) is 8. The third-order valence-corrected chi connectivity index (χ3v) is 4.15. The molecular formula is C15H13N5O3S. The van der Waals surface area contributed by atoms with E-state index in [9.17, 15) is 9.59 Å². The minimum absolute atomic E-state index is 0.0688. The summed E-state index contributed by atoms with van der Waals surface area (Å²) >= 11 is 1.35. The predicted octanol–water partition coefficient (Wildman–Crippen LogP) is 1.25. The van der Waals surface area contributed by atoms with E-state index in [1.807, 2.05) is 29.6 Å². The summed E-state index contributed by atoms with van der Waals surface area (Å²) in [5.41, 5.74) is 1.93. The molecule has 0 amide bonds. The molecule has 0 saturated carbocycles. The number of aromatic nitrogens is 5. The summed E-state index contributed by atoms with van der Waals surface area (Å²) < 4.78 is 5.12. The third kappa shape index (κ3) is 3.69. The van der Waals surface area contributed by atoms with Gasteiger partial charge in [-0.25, -0.2) is 4.98 Å². The predicted molar refractivity (Wildman–Crippen MR) is 85.1 cm³/mol. The molecule has 0 radical (unpaired) electrons. The molecule has 0 atom stereocenters. The second-order valence-electron chi connectivity index (χ2n) is 4.92. The maximum atomic E-state index is 11.9. The van der Waals surface area contributed by atoms with Crippen molar-refractivity contribution in [3.05, 3.63) is 51.7 Å². The Kier molecular flexibility index (Phi) is 4.71. The van der Waals surface area contributed by atoms with Crippen LogP contribution in [0.1, 0.15) is 26.9 Å². The summed E-state index contributed by atoms with van der Waals surface area (Å²) in [6, 6.07) is 7.69. The molecule has 2 heterocycles. The van der Waals surface area contributed by atoms with Gasteiger partial charge in [-0.3, -0.25) is 9.59 Å². The number of methoxy groups -OCH3 is 1. The lowest BCUT2D eigenvalue weighted by Crippen LogP contribution is -2.18. The zero-order chi connectivity index (χ0) is 16.9. The monoisotopic (exact) mass is 343 g/mol. The number of hydrogen-bond donors (Lipinski definition) is 1. The number of nitrogens with one attached hydrogen (secondary N) is 1. The highest BCUT2D eigenvalue weighted by atomic mass is 32.1. The van der Waals surface area contributed by atoms with Gasteiger partial charge in [-0.2, -0.15) is 5.21 Å². The summed E-state index contributed by atoms with van der Waals surface area (Å²) in [5.74, 6) is -0.810. The van der Waals surface area contributed by atoms with Gasteiger partial charge in [0.1, 0.15) is 10.8 Å². The molecule has 1 N–H and O–H groups in total. The van der Waals surface area contributed by atoms with Crippen LogP contribution in [-0.4, -0.2) is 44.3 Å². The molecule has 0 saturated heterocycles. The first-order valence-corrected chi connectivity index (χ1v) is 7.91. The molecule has 0 aliphatic heterocycles. The molecule has 0 aliphatic carbocycles. The van der Waals surface area contributed by atoms with Gasteiger partial charge in [0.05, 0.1) is 19.2 Å². The van der Waals surface area contributed by atoms with Gasteiger partial charge < -0.3 is 4.74 Å². The summed E-state index contributed by atoms with van der Waals surface area (Å²) in [5, 5.41) is 14.9. The third-order valence-electron chi connectivity index (χ3n) is 3.26. The Bertz CT molecular complexity index is 842. The van der Waals surface area contributed by atoms with E-state index in [4.69, 9.17) is 4.74 Å². The average molecular weight is 343 g/mol. The normalized spacial score (nSPS) is 10.5. The van der Waals surface area contributed by atoms with Gasteiger partial charge >= 0.3 is 0 Å². The van der Waals surface area contributed by atoms with Crippen LogP contribution >= 0.6 is 11.3 Å². The molecule has 122 valence electrons. The smallest absolute Gasteiger partial charge is 0.269 e. The highest BCUT2D eigenvalue weighted by Gasteiger charge is 2.21. The Labute approximate surface area is 140 Å². The second kappa shape index (κ2) is 7.09. The fourth-order valence-corrected chi connectivity index (χ4v) is 2.86. The van der Waals surface area contributed by atoms with Crippen LogP contribution in [0.15, 0.2) is 29.6 Å². The van der Waals surface area contributed by atoms with E-state index in [0.29, 0.717) is 11.4 Å². The molecule has 9 heteroatoms. The maximum absolute atomic E-state index is 11.9. The number of ketones is 2. The van der Waals surface area contributed by atoms with Crippen molar-refractivity contribution < 1.29 is 14.3 Å². The van der Waals surface area contributed by atoms with Crippen molar-refractivity contribution in [3.63, 3.8) is 0 Å². The van der Waals surface area contributed by atoms with E-state index >= 15 is 0 Å². The molecule has 3 aromatic rings. The largest absolute Gasteiger partial charge is 0.497 e. The minimum Gasteiger partial charge on any atom is -0.497 e. The quantitative estimate of drug-likeness (QED) is 0.507. The molecule has 0 spiro atoms. The Hall–Kier alpha value is -2.94. The average Bonchev–Trinajstić information content (AvgIpc) is 3.27. The van der Waals surface area contributed by atoms with E-state index < -0.39 is 11.6 Å². The number of nitrogens with zero attached hydrogens (tertiary/aromatic N) is 4. The van der Waals surface area contributed by atoms with Crippen molar-refractivity contribution in [1.82, 2.24) is 25.6 Å².